The summed E-state index contributed by atoms with van der Waals surface area (Å²) >= 11 is 0. The van der Waals surface area contributed by atoms with Crippen molar-refractivity contribution in [2.75, 3.05) is 13.2 Å². The zero-order chi connectivity index (χ0) is 13.9. The minimum Gasteiger partial charge on any atom is -0.490 e. The third-order valence-electron chi connectivity index (χ3n) is 3.35. The van der Waals surface area contributed by atoms with Crippen LogP contribution < -0.4 is 15.2 Å². The molecule has 0 saturated heterocycles. The van der Waals surface area contributed by atoms with Gasteiger partial charge in [-0.3, -0.25) is 0 Å². The smallest absolute Gasteiger partial charge is 0.161 e. The van der Waals surface area contributed by atoms with E-state index in [4.69, 9.17) is 15.2 Å². The third kappa shape index (κ3) is 2.47. The molecule has 0 spiro atoms. The molecule has 0 amide bonds. The number of fused-ring (bicyclic) bond motifs is 1. The molecule has 2 aromatic rings. The molecular weight excluding hydrogens is 257 g/mol. The molecular formula is C16H16FNO2. The van der Waals surface area contributed by atoms with Crippen LogP contribution >= 0.6 is 0 Å². The molecule has 1 aliphatic rings. The number of rotatable bonds is 2. The molecule has 20 heavy (non-hydrogen) atoms. The van der Waals surface area contributed by atoms with Crippen LogP contribution in [0.5, 0.6) is 11.5 Å². The first-order valence-corrected chi connectivity index (χ1v) is 6.66. The summed E-state index contributed by atoms with van der Waals surface area (Å²) in [4.78, 5) is 0. The minimum atomic E-state index is -0.280. The van der Waals surface area contributed by atoms with Crippen LogP contribution in [-0.2, 0) is 6.54 Å². The topological polar surface area (TPSA) is 44.5 Å². The Hall–Kier alpha value is -2.07. The first kappa shape index (κ1) is 12.9. The lowest BCUT2D eigenvalue weighted by atomic mass is 10.0. The number of hydrogen-bond acceptors (Lipinski definition) is 3. The normalized spacial score (nSPS) is 13.9. The highest BCUT2D eigenvalue weighted by atomic mass is 19.1. The molecule has 104 valence electrons. The van der Waals surface area contributed by atoms with Crippen LogP contribution in [0.15, 0.2) is 36.4 Å². The number of benzene rings is 2. The van der Waals surface area contributed by atoms with Crippen LogP contribution in [0, 0.1) is 5.82 Å². The maximum Gasteiger partial charge on any atom is 0.161 e. The minimum absolute atomic E-state index is 0.202. The Labute approximate surface area is 117 Å². The lowest BCUT2D eigenvalue weighted by Gasteiger charge is -2.10. The highest BCUT2D eigenvalue weighted by molar-refractivity contribution is 5.67. The molecule has 0 unspecified atom stereocenters. The van der Waals surface area contributed by atoms with Crippen molar-refractivity contribution >= 4 is 0 Å². The largest absolute Gasteiger partial charge is 0.490 e. The lowest BCUT2D eigenvalue weighted by molar-refractivity contribution is 0.297. The lowest BCUT2D eigenvalue weighted by Crippen LogP contribution is -1.99. The standard InChI is InChI=1S/C16H16FNO2/c17-14-8-11(2-3-13(14)10-18)12-4-5-15-16(9-12)20-7-1-6-19-15/h2-5,8-9H,1,6-7,10,18H2. The van der Waals surface area contributed by atoms with Gasteiger partial charge in [0.25, 0.3) is 0 Å². The van der Waals surface area contributed by atoms with E-state index >= 15 is 0 Å². The molecule has 3 nitrogen and oxygen atoms in total. The van der Waals surface area contributed by atoms with Gasteiger partial charge in [-0.15, -0.1) is 0 Å². The van der Waals surface area contributed by atoms with E-state index in [1.807, 2.05) is 24.3 Å². The number of ether oxygens (including phenoxy) is 2. The predicted molar refractivity (Wildman–Crippen MR) is 75.3 cm³/mol. The Kier molecular flexibility index (Phi) is 3.56. The number of hydrogen-bond donors (Lipinski definition) is 1. The molecule has 1 aliphatic heterocycles. The Morgan fingerprint density at radius 1 is 0.950 bits per heavy atom. The molecule has 0 aliphatic carbocycles. The van der Waals surface area contributed by atoms with Crippen molar-refractivity contribution in [3.05, 3.63) is 47.8 Å². The molecule has 0 radical (unpaired) electrons. The van der Waals surface area contributed by atoms with Gasteiger partial charge in [-0.05, 0) is 29.3 Å². The molecule has 3 rings (SSSR count). The zero-order valence-electron chi connectivity index (χ0n) is 11.1. The highest BCUT2D eigenvalue weighted by Crippen LogP contribution is 2.34. The van der Waals surface area contributed by atoms with Crippen molar-refractivity contribution in [1.29, 1.82) is 0 Å². The van der Waals surface area contributed by atoms with Crippen molar-refractivity contribution in [2.24, 2.45) is 5.73 Å². The Morgan fingerprint density at radius 2 is 1.65 bits per heavy atom. The van der Waals surface area contributed by atoms with Crippen LogP contribution in [-0.4, -0.2) is 13.2 Å². The van der Waals surface area contributed by atoms with Crippen molar-refractivity contribution in [1.82, 2.24) is 0 Å². The molecule has 2 N–H and O–H groups in total. The fourth-order valence-corrected chi connectivity index (χ4v) is 2.24. The second-order valence-electron chi connectivity index (χ2n) is 4.72. The van der Waals surface area contributed by atoms with E-state index in [-0.39, 0.29) is 12.4 Å². The summed E-state index contributed by atoms with van der Waals surface area (Å²) in [5.74, 6) is 1.17. The van der Waals surface area contributed by atoms with E-state index in [2.05, 4.69) is 0 Å². The van der Waals surface area contributed by atoms with Crippen LogP contribution in [0.4, 0.5) is 4.39 Å². The quantitative estimate of drug-likeness (QED) is 0.914. The van der Waals surface area contributed by atoms with Gasteiger partial charge in [-0.1, -0.05) is 18.2 Å². The molecule has 0 fully saturated rings. The van der Waals surface area contributed by atoms with Crippen molar-refractivity contribution in [3.8, 4) is 22.6 Å². The zero-order valence-corrected chi connectivity index (χ0v) is 11.1. The second-order valence-corrected chi connectivity index (χ2v) is 4.72. The van der Waals surface area contributed by atoms with E-state index in [0.717, 1.165) is 23.3 Å². The summed E-state index contributed by atoms with van der Waals surface area (Å²) in [6, 6.07) is 10.7. The highest BCUT2D eigenvalue weighted by Gasteiger charge is 2.12. The monoisotopic (exact) mass is 273 g/mol. The van der Waals surface area contributed by atoms with Crippen molar-refractivity contribution in [2.45, 2.75) is 13.0 Å². The van der Waals surface area contributed by atoms with Gasteiger partial charge >= 0.3 is 0 Å². The summed E-state index contributed by atoms with van der Waals surface area (Å²) in [7, 11) is 0. The van der Waals surface area contributed by atoms with Crippen LogP contribution in [0.1, 0.15) is 12.0 Å². The van der Waals surface area contributed by atoms with Crippen LogP contribution in [0.3, 0.4) is 0 Å². The molecule has 0 atom stereocenters. The first-order chi connectivity index (χ1) is 9.78. The van der Waals surface area contributed by atoms with Gasteiger partial charge in [0.1, 0.15) is 5.82 Å². The van der Waals surface area contributed by atoms with Gasteiger partial charge in [-0.25, -0.2) is 4.39 Å². The van der Waals surface area contributed by atoms with E-state index in [0.29, 0.717) is 24.5 Å². The van der Waals surface area contributed by atoms with E-state index < -0.39 is 0 Å². The average Bonchev–Trinajstić information content (AvgIpc) is 2.71. The molecule has 0 bridgehead atoms. The van der Waals surface area contributed by atoms with E-state index in [9.17, 15) is 4.39 Å². The Balaban J connectivity index is 1.98. The van der Waals surface area contributed by atoms with Gasteiger partial charge in [0.15, 0.2) is 11.5 Å². The summed E-state index contributed by atoms with van der Waals surface area (Å²) in [6.45, 7) is 1.50. The van der Waals surface area contributed by atoms with E-state index in [1.165, 1.54) is 6.07 Å². The summed E-state index contributed by atoms with van der Waals surface area (Å²) in [6.07, 6.45) is 0.865. The van der Waals surface area contributed by atoms with Gasteiger partial charge in [0, 0.05) is 18.5 Å². The molecule has 0 saturated carbocycles. The maximum absolute atomic E-state index is 13.8. The van der Waals surface area contributed by atoms with E-state index in [1.54, 1.807) is 6.07 Å². The fraction of sp³-hybridized carbons (Fsp3) is 0.250. The fourth-order valence-electron chi connectivity index (χ4n) is 2.24. The van der Waals surface area contributed by atoms with Gasteiger partial charge in [0.05, 0.1) is 13.2 Å². The first-order valence-electron chi connectivity index (χ1n) is 6.66. The van der Waals surface area contributed by atoms with Gasteiger partial charge in [-0.2, -0.15) is 0 Å². The van der Waals surface area contributed by atoms with Crippen molar-refractivity contribution in [3.63, 3.8) is 0 Å². The molecule has 2 aromatic carbocycles. The van der Waals surface area contributed by atoms with Crippen molar-refractivity contribution < 1.29 is 13.9 Å². The predicted octanol–water partition coefficient (Wildman–Crippen LogP) is 3.11. The molecule has 0 aromatic heterocycles. The van der Waals surface area contributed by atoms with Gasteiger partial charge < -0.3 is 15.2 Å². The average molecular weight is 273 g/mol. The van der Waals surface area contributed by atoms with Crippen LogP contribution in [0.25, 0.3) is 11.1 Å². The SMILES string of the molecule is NCc1ccc(-c2ccc3c(c2)OCCCO3)cc1F. The summed E-state index contributed by atoms with van der Waals surface area (Å²) in [5, 5.41) is 0. The maximum atomic E-state index is 13.8. The second kappa shape index (κ2) is 5.51. The molecule has 4 heteroatoms. The summed E-state index contributed by atoms with van der Waals surface area (Å²) < 4.78 is 25.0. The van der Waals surface area contributed by atoms with Crippen LogP contribution in [0.2, 0.25) is 0 Å². The molecule has 1 heterocycles. The Bertz CT molecular complexity index is 628. The Morgan fingerprint density at radius 3 is 2.40 bits per heavy atom. The summed E-state index contributed by atoms with van der Waals surface area (Å²) in [5.41, 5.74) is 7.69. The van der Waals surface area contributed by atoms with Gasteiger partial charge in [0.2, 0.25) is 0 Å². The number of nitrogens with two attached hydrogens (primary N) is 1. The third-order valence-corrected chi connectivity index (χ3v) is 3.35. The number of halogens is 1.